The fourth-order valence-electron chi connectivity index (χ4n) is 3.53. The SMILES string of the molecule is CCCCCCCCCCCCCC#CC1=CC(=O)N(c2ccc(C)cc2)C1=O. The van der Waals surface area contributed by atoms with Crippen molar-refractivity contribution in [3.63, 3.8) is 0 Å². The van der Waals surface area contributed by atoms with Gasteiger partial charge in [0.25, 0.3) is 11.8 Å². The van der Waals surface area contributed by atoms with Crippen molar-refractivity contribution >= 4 is 17.5 Å². The van der Waals surface area contributed by atoms with Crippen LogP contribution in [0.3, 0.4) is 0 Å². The van der Waals surface area contributed by atoms with Gasteiger partial charge in [-0.3, -0.25) is 9.59 Å². The number of carbonyl (C=O) groups is 2. The molecule has 0 bridgehead atoms. The van der Waals surface area contributed by atoms with E-state index in [4.69, 9.17) is 0 Å². The summed E-state index contributed by atoms with van der Waals surface area (Å²) in [5.74, 6) is 5.36. The molecule has 0 atom stereocenters. The molecule has 0 aliphatic carbocycles. The van der Waals surface area contributed by atoms with E-state index in [-0.39, 0.29) is 11.8 Å². The van der Waals surface area contributed by atoms with Crippen molar-refractivity contribution in [2.24, 2.45) is 0 Å². The first kappa shape index (κ1) is 22.9. The van der Waals surface area contributed by atoms with Gasteiger partial charge < -0.3 is 0 Å². The van der Waals surface area contributed by atoms with Crippen LogP contribution in [0.2, 0.25) is 0 Å². The number of unbranched alkanes of at least 4 members (excludes halogenated alkanes) is 11. The molecule has 0 unspecified atom stereocenters. The van der Waals surface area contributed by atoms with Crippen LogP contribution in [0.5, 0.6) is 0 Å². The summed E-state index contributed by atoms with van der Waals surface area (Å²) in [7, 11) is 0. The third-order valence-corrected chi connectivity index (χ3v) is 5.34. The lowest BCUT2D eigenvalue weighted by Gasteiger charge is -2.14. The zero-order valence-corrected chi connectivity index (χ0v) is 18.1. The quantitative estimate of drug-likeness (QED) is 0.231. The number of carbonyl (C=O) groups excluding carboxylic acids is 2. The molecule has 1 aliphatic rings. The fourth-order valence-corrected chi connectivity index (χ4v) is 3.53. The van der Waals surface area contributed by atoms with Gasteiger partial charge in [-0.2, -0.15) is 0 Å². The van der Waals surface area contributed by atoms with Gasteiger partial charge in [-0.25, -0.2) is 4.90 Å². The van der Waals surface area contributed by atoms with E-state index in [2.05, 4.69) is 18.8 Å². The molecule has 0 spiro atoms. The second-order valence-corrected chi connectivity index (χ2v) is 7.96. The summed E-state index contributed by atoms with van der Waals surface area (Å²) >= 11 is 0. The summed E-state index contributed by atoms with van der Waals surface area (Å²) < 4.78 is 0. The number of aryl methyl sites for hydroxylation is 1. The van der Waals surface area contributed by atoms with Crippen LogP contribution in [0.1, 0.15) is 89.5 Å². The largest absolute Gasteiger partial charge is 0.274 e. The average Bonchev–Trinajstić information content (AvgIpc) is 2.99. The maximum atomic E-state index is 12.5. The zero-order valence-electron chi connectivity index (χ0n) is 18.1. The summed E-state index contributed by atoms with van der Waals surface area (Å²) in [5, 5.41) is 0. The smallest absolute Gasteiger partial charge is 0.269 e. The highest BCUT2D eigenvalue weighted by Gasteiger charge is 2.31. The second kappa shape index (κ2) is 13.0. The number of rotatable bonds is 12. The number of benzene rings is 1. The topological polar surface area (TPSA) is 37.4 Å². The first-order valence-electron chi connectivity index (χ1n) is 11.3. The predicted molar refractivity (Wildman–Crippen MR) is 121 cm³/mol. The Labute approximate surface area is 176 Å². The van der Waals surface area contributed by atoms with Gasteiger partial charge in [0.15, 0.2) is 0 Å². The lowest BCUT2D eigenvalue weighted by molar-refractivity contribution is -0.120. The van der Waals surface area contributed by atoms with E-state index in [9.17, 15) is 9.59 Å². The zero-order chi connectivity index (χ0) is 20.9. The third kappa shape index (κ3) is 7.89. The van der Waals surface area contributed by atoms with Crippen molar-refractivity contribution in [1.82, 2.24) is 0 Å². The van der Waals surface area contributed by atoms with Crippen molar-refractivity contribution in [1.29, 1.82) is 0 Å². The van der Waals surface area contributed by atoms with Crippen molar-refractivity contribution in [3.05, 3.63) is 41.5 Å². The third-order valence-electron chi connectivity index (χ3n) is 5.34. The van der Waals surface area contributed by atoms with E-state index >= 15 is 0 Å². The van der Waals surface area contributed by atoms with Gasteiger partial charge >= 0.3 is 0 Å². The Morgan fingerprint density at radius 2 is 1.34 bits per heavy atom. The summed E-state index contributed by atoms with van der Waals surface area (Å²) in [4.78, 5) is 25.9. The van der Waals surface area contributed by atoms with Crippen LogP contribution in [0.25, 0.3) is 0 Å². The Morgan fingerprint density at radius 1 is 0.793 bits per heavy atom. The first-order valence-corrected chi connectivity index (χ1v) is 11.3. The standard InChI is InChI=1S/C26H35NO2/c1-3-4-5-6-7-8-9-10-11-12-13-14-15-16-23-21-25(28)27(26(23)29)24-19-17-22(2)18-20-24/h17-21H,3-14H2,1-2H3. The monoisotopic (exact) mass is 393 g/mol. The molecule has 0 aromatic heterocycles. The molecule has 0 saturated carbocycles. The lowest BCUT2D eigenvalue weighted by atomic mass is 10.1. The molecular formula is C26H35NO2. The van der Waals surface area contributed by atoms with Crippen LogP contribution in [0, 0.1) is 18.8 Å². The predicted octanol–water partition coefficient (Wildman–Crippen LogP) is 6.50. The second-order valence-electron chi connectivity index (χ2n) is 7.96. The molecule has 3 heteroatoms. The molecule has 0 radical (unpaired) electrons. The molecule has 1 aromatic rings. The Morgan fingerprint density at radius 3 is 1.93 bits per heavy atom. The van der Waals surface area contributed by atoms with Gasteiger partial charge in [-0.05, 0) is 25.5 Å². The molecule has 0 fully saturated rings. The van der Waals surface area contributed by atoms with Crippen LogP contribution in [0.15, 0.2) is 35.9 Å². The highest BCUT2D eigenvalue weighted by atomic mass is 16.2. The summed E-state index contributed by atoms with van der Waals surface area (Å²) in [6.07, 6.45) is 16.5. The van der Waals surface area contributed by atoms with Crippen molar-refractivity contribution in [2.45, 2.75) is 90.9 Å². The molecule has 156 valence electrons. The Hall–Kier alpha value is -2.34. The van der Waals surface area contributed by atoms with Crippen LogP contribution in [-0.2, 0) is 9.59 Å². The number of anilines is 1. The summed E-state index contributed by atoms with van der Waals surface area (Å²) in [6.45, 7) is 4.23. The van der Waals surface area contributed by atoms with E-state index in [0.29, 0.717) is 11.3 Å². The highest BCUT2D eigenvalue weighted by Crippen LogP contribution is 2.22. The van der Waals surface area contributed by atoms with Gasteiger partial charge in [-0.15, -0.1) is 0 Å². The molecule has 1 aliphatic heterocycles. The van der Waals surface area contributed by atoms with Gasteiger partial charge in [-0.1, -0.05) is 101 Å². The van der Waals surface area contributed by atoms with E-state index < -0.39 is 0 Å². The highest BCUT2D eigenvalue weighted by molar-refractivity contribution is 6.32. The van der Waals surface area contributed by atoms with Crippen molar-refractivity contribution in [2.75, 3.05) is 4.90 Å². The minimum absolute atomic E-state index is 0.304. The molecule has 2 amide bonds. The molecule has 1 aromatic carbocycles. The van der Waals surface area contributed by atoms with Gasteiger partial charge in [0.05, 0.1) is 11.3 Å². The normalized spacial score (nSPS) is 13.4. The van der Waals surface area contributed by atoms with E-state index in [0.717, 1.165) is 18.4 Å². The fraction of sp³-hybridized carbons (Fsp3) is 0.538. The maximum Gasteiger partial charge on any atom is 0.274 e. The molecule has 1 heterocycles. The summed E-state index contributed by atoms with van der Waals surface area (Å²) in [5.41, 5.74) is 2.00. The van der Waals surface area contributed by atoms with Gasteiger partial charge in [0, 0.05) is 12.5 Å². The molecule has 29 heavy (non-hydrogen) atoms. The van der Waals surface area contributed by atoms with Crippen LogP contribution < -0.4 is 4.90 Å². The number of imide groups is 1. The van der Waals surface area contributed by atoms with E-state index in [1.165, 1.54) is 75.2 Å². The van der Waals surface area contributed by atoms with E-state index in [1.54, 1.807) is 12.1 Å². The minimum atomic E-state index is -0.315. The molecule has 2 rings (SSSR count). The lowest BCUT2D eigenvalue weighted by Crippen LogP contribution is -2.30. The Balaban J connectivity index is 1.61. The maximum absolute atomic E-state index is 12.5. The molecule has 0 N–H and O–H groups in total. The first-order chi connectivity index (χ1) is 14.1. The van der Waals surface area contributed by atoms with Gasteiger partial charge in [0.2, 0.25) is 0 Å². The van der Waals surface area contributed by atoms with Gasteiger partial charge in [0.1, 0.15) is 0 Å². The van der Waals surface area contributed by atoms with E-state index in [1.807, 2.05) is 19.1 Å². The minimum Gasteiger partial charge on any atom is -0.269 e. The molecular weight excluding hydrogens is 358 g/mol. The Kier molecular flexibility index (Phi) is 10.3. The average molecular weight is 394 g/mol. The van der Waals surface area contributed by atoms with Crippen LogP contribution in [0.4, 0.5) is 5.69 Å². The number of hydrogen-bond donors (Lipinski definition) is 0. The number of nitrogens with zero attached hydrogens (tertiary/aromatic N) is 1. The van der Waals surface area contributed by atoms with Crippen molar-refractivity contribution < 1.29 is 9.59 Å². The van der Waals surface area contributed by atoms with Crippen LogP contribution >= 0.6 is 0 Å². The molecule has 3 nitrogen and oxygen atoms in total. The number of amides is 2. The van der Waals surface area contributed by atoms with Crippen molar-refractivity contribution in [3.8, 4) is 11.8 Å². The summed E-state index contributed by atoms with van der Waals surface area (Å²) in [6, 6.07) is 7.37. The number of hydrogen-bond acceptors (Lipinski definition) is 2. The van der Waals surface area contributed by atoms with Crippen LogP contribution in [-0.4, -0.2) is 11.8 Å². The Bertz CT molecular complexity index is 749. The molecule has 0 saturated heterocycles.